The molecule has 4 rings (SSSR count). The van der Waals surface area contributed by atoms with Gasteiger partial charge in [-0.1, -0.05) is 12.1 Å². The second-order valence-corrected chi connectivity index (χ2v) is 6.96. The van der Waals surface area contributed by atoms with E-state index in [1.165, 1.54) is 18.5 Å². The van der Waals surface area contributed by atoms with Crippen LogP contribution >= 0.6 is 0 Å². The van der Waals surface area contributed by atoms with E-state index in [0.717, 1.165) is 28.2 Å². The molecular formula is C21H20FN7O. The summed E-state index contributed by atoms with van der Waals surface area (Å²) >= 11 is 0. The van der Waals surface area contributed by atoms with Crippen molar-refractivity contribution in [2.75, 3.05) is 0 Å². The number of amides is 1. The molecule has 0 saturated heterocycles. The lowest BCUT2D eigenvalue weighted by Gasteiger charge is -2.14. The number of halogens is 1. The lowest BCUT2D eigenvalue weighted by molar-refractivity contribution is -0.121. The van der Waals surface area contributed by atoms with E-state index in [-0.39, 0.29) is 24.2 Å². The van der Waals surface area contributed by atoms with E-state index in [2.05, 4.69) is 25.9 Å². The van der Waals surface area contributed by atoms with Gasteiger partial charge >= 0.3 is 0 Å². The van der Waals surface area contributed by atoms with Crippen molar-refractivity contribution in [1.82, 2.24) is 35.3 Å². The van der Waals surface area contributed by atoms with Gasteiger partial charge in [0.2, 0.25) is 5.91 Å². The van der Waals surface area contributed by atoms with Crippen LogP contribution in [0.3, 0.4) is 0 Å². The van der Waals surface area contributed by atoms with Crippen LogP contribution in [0.2, 0.25) is 0 Å². The topological polar surface area (TPSA) is 90.5 Å². The molecule has 0 saturated carbocycles. The molecule has 152 valence electrons. The molecule has 2 aromatic carbocycles. The molecule has 0 aliphatic carbocycles. The quantitative estimate of drug-likeness (QED) is 0.533. The second-order valence-electron chi connectivity index (χ2n) is 6.96. The third-order valence-corrected chi connectivity index (χ3v) is 4.88. The van der Waals surface area contributed by atoms with Crippen molar-refractivity contribution in [3.8, 4) is 11.4 Å². The van der Waals surface area contributed by atoms with Crippen molar-refractivity contribution in [2.45, 2.75) is 26.3 Å². The van der Waals surface area contributed by atoms with Crippen LogP contribution in [0.15, 0.2) is 61.1 Å². The minimum atomic E-state index is -0.296. The van der Waals surface area contributed by atoms with E-state index in [1.807, 2.05) is 38.1 Å². The Morgan fingerprint density at radius 3 is 2.47 bits per heavy atom. The van der Waals surface area contributed by atoms with Crippen molar-refractivity contribution in [3.63, 3.8) is 0 Å². The van der Waals surface area contributed by atoms with Gasteiger partial charge in [0.25, 0.3) is 0 Å². The highest BCUT2D eigenvalue weighted by atomic mass is 19.1. The van der Waals surface area contributed by atoms with Gasteiger partial charge in [-0.05, 0) is 66.2 Å². The van der Waals surface area contributed by atoms with Gasteiger partial charge in [-0.15, -0.1) is 5.10 Å². The summed E-state index contributed by atoms with van der Waals surface area (Å²) < 4.78 is 16.4. The van der Waals surface area contributed by atoms with Crippen molar-refractivity contribution < 1.29 is 9.18 Å². The SMILES string of the molecule is Cc1c(C(C)NC(=O)Cc2ccc(-n3cnnn3)cc2)cnn1-c1ccc(F)cc1. The van der Waals surface area contributed by atoms with Crippen LogP contribution in [-0.4, -0.2) is 35.9 Å². The van der Waals surface area contributed by atoms with E-state index in [1.54, 1.807) is 27.7 Å². The first kappa shape index (κ1) is 19.4. The van der Waals surface area contributed by atoms with Crippen LogP contribution in [0, 0.1) is 12.7 Å². The first-order chi connectivity index (χ1) is 14.5. The number of aromatic nitrogens is 6. The van der Waals surface area contributed by atoms with Crippen LogP contribution < -0.4 is 5.32 Å². The molecule has 0 bridgehead atoms. The fourth-order valence-electron chi connectivity index (χ4n) is 3.29. The van der Waals surface area contributed by atoms with Crippen LogP contribution in [0.4, 0.5) is 4.39 Å². The molecule has 0 fully saturated rings. The fraction of sp³-hybridized carbons (Fsp3) is 0.190. The molecule has 1 N–H and O–H groups in total. The summed E-state index contributed by atoms with van der Waals surface area (Å²) in [7, 11) is 0. The average Bonchev–Trinajstić information content (AvgIpc) is 3.39. The Morgan fingerprint density at radius 1 is 1.10 bits per heavy atom. The van der Waals surface area contributed by atoms with Crippen molar-refractivity contribution in [1.29, 1.82) is 0 Å². The smallest absolute Gasteiger partial charge is 0.224 e. The van der Waals surface area contributed by atoms with Gasteiger partial charge in [-0.25, -0.2) is 13.8 Å². The maximum absolute atomic E-state index is 13.2. The molecule has 0 aliphatic heterocycles. The minimum absolute atomic E-state index is 0.0911. The molecule has 4 aromatic rings. The molecule has 0 spiro atoms. The van der Waals surface area contributed by atoms with E-state index >= 15 is 0 Å². The maximum atomic E-state index is 13.2. The van der Waals surface area contributed by atoms with Crippen LogP contribution in [0.1, 0.15) is 29.8 Å². The summed E-state index contributed by atoms with van der Waals surface area (Å²) in [5, 5.41) is 18.4. The molecule has 0 aliphatic rings. The zero-order valence-corrected chi connectivity index (χ0v) is 16.5. The molecular weight excluding hydrogens is 385 g/mol. The normalized spacial score (nSPS) is 12.0. The molecule has 2 heterocycles. The van der Waals surface area contributed by atoms with E-state index < -0.39 is 0 Å². The zero-order valence-electron chi connectivity index (χ0n) is 16.5. The number of tetrazole rings is 1. The summed E-state index contributed by atoms with van der Waals surface area (Å²) in [6.45, 7) is 3.84. The average molecular weight is 405 g/mol. The summed E-state index contributed by atoms with van der Waals surface area (Å²) in [4.78, 5) is 12.5. The van der Waals surface area contributed by atoms with Crippen LogP contribution in [0.5, 0.6) is 0 Å². The van der Waals surface area contributed by atoms with E-state index in [0.29, 0.717) is 0 Å². The number of nitrogens with zero attached hydrogens (tertiary/aromatic N) is 6. The van der Waals surface area contributed by atoms with Crippen molar-refractivity contribution >= 4 is 5.91 Å². The number of hydrogen-bond donors (Lipinski definition) is 1. The van der Waals surface area contributed by atoms with E-state index in [4.69, 9.17) is 0 Å². The lowest BCUT2D eigenvalue weighted by atomic mass is 10.1. The number of carbonyl (C=O) groups excluding carboxylic acids is 1. The fourth-order valence-corrected chi connectivity index (χ4v) is 3.29. The molecule has 0 radical (unpaired) electrons. The number of nitrogens with one attached hydrogen (secondary N) is 1. The molecule has 1 amide bonds. The van der Waals surface area contributed by atoms with E-state index in [9.17, 15) is 9.18 Å². The molecule has 8 nitrogen and oxygen atoms in total. The highest BCUT2D eigenvalue weighted by Gasteiger charge is 2.16. The van der Waals surface area contributed by atoms with Crippen LogP contribution in [0.25, 0.3) is 11.4 Å². The Balaban J connectivity index is 1.41. The Labute approximate surface area is 172 Å². The van der Waals surface area contributed by atoms with Crippen molar-refractivity contribution in [3.05, 3.63) is 83.7 Å². The third kappa shape index (κ3) is 4.09. The standard InChI is InChI=1S/C21H20FN7O/c1-14(20-12-24-29(15(20)2)19-9-5-17(22)6-10-19)25-21(30)11-16-3-7-18(8-4-16)28-13-23-26-27-28/h3-10,12-14H,11H2,1-2H3,(H,25,30). The summed E-state index contributed by atoms with van der Waals surface area (Å²) in [6, 6.07) is 13.4. The highest BCUT2D eigenvalue weighted by molar-refractivity contribution is 5.79. The molecule has 9 heteroatoms. The Bertz CT molecular complexity index is 1140. The Morgan fingerprint density at radius 2 is 1.80 bits per heavy atom. The zero-order chi connectivity index (χ0) is 21.1. The van der Waals surface area contributed by atoms with Crippen molar-refractivity contribution in [2.24, 2.45) is 0 Å². The Hall–Kier alpha value is -3.88. The predicted molar refractivity (Wildman–Crippen MR) is 108 cm³/mol. The third-order valence-electron chi connectivity index (χ3n) is 4.88. The number of rotatable bonds is 6. The monoisotopic (exact) mass is 405 g/mol. The molecule has 30 heavy (non-hydrogen) atoms. The summed E-state index contributed by atoms with van der Waals surface area (Å²) in [6.07, 6.45) is 3.49. The van der Waals surface area contributed by atoms with Gasteiger partial charge < -0.3 is 5.32 Å². The van der Waals surface area contributed by atoms with Gasteiger partial charge in [-0.2, -0.15) is 5.10 Å². The lowest BCUT2D eigenvalue weighted by Crippen LogP contribution is -2.28. The number of hydrogen-bond acceptors (Lipinski definition) is 5. The minimum Gasteiger partial charge on any atom is -0.349 e. The van der Waals surface area contributed by atoms with Crippen LogP contribution in [-0.2, 0) is 11.2 Å². The second kappa shape index (κ2) is 8.24. The first-order valence-electron chi connectivity index (χ1n) is 9.43. The van der Waals surface area contributed by atoms with Gasteiger partial charge in [-0.3, -0.25) is 4.79 Å². The molecule has 1 atom stereocenters. The maximum Gasteiger partial charge on any atom is 0.224 e. The predicted octanol–water partition coefficient (Wildman–Crippen LogP) is 2.72. The molecule has 2 aromatic heterocycles. The summed E-state index contributed by atoms with van der Waals surface area (Å²) in [5.74, 6) is -0.387. The molecule has 1 unspecified atom stereocenters. The largest absolute Gasteiger partial charge is 0.349 e. The van der Waals surface area contributed by atoms with Gasteiger partial charge in [0.05, 0.1) is 30.0 Å². The number of benzene rings is 2. The Kier molecular flexibility index (Phi) is 5.34. The highest BCUT2D eigenvalue weighted by Crippen LogP contribution is 2.20. The first-order valence-corrected chi connectivity index (χ1v) is 9.43. The van der Waals surface area contributed by atoms with Gasteiger partial charge in [0.15, 0.2) is 0 Å². The van der Waals surface area contributed by atoms with Gasteiger partial charge in [0, 0.05) is 11.3 Å². The van der Waals surface area contributed by atoms with Gasteiger partial charge in [0.1, 0.15) is 12.1 Å². The number of carbonyl (C=O) groups is 1. The summed E-state index contributed by atoms with van der Waals surface area (Å²) in [5.41, 5.74) is 4.26.